The topological polar surface area (TPSA) is 65.1 Å². The van der Waals surface area contributed by atoms with Crippen LogP contribution in [0.2, 0.25) is 5.02 Å². The van der Waals surface area contributed by atoms with Crippen molar-refractivity contribution in [2.75, 3.05) is 26.8 Å². The molecule has 1 aromatic rings. The summed E-state index contributed by atoms with van der Waals surface area (Å²) in [6.45, 7) is 3.62. The van der Waals surface area contributed by atoms with Crippen molar-refractivity contribution in [1.29, 1.82) is 0 Å². The number of piperidine rings is 1. The molecule has 0 aliphatic carbocycles. The number of ether oxygens (including phenoxy) is 3. The van der Waals surface area contributed by atoms with Gasteiger partial charge in [-0.3, -0.25) is 4.79 Å². The third-order valence-electron chi connectivity index (χ3n) is 4.46. The minimum Gasteiger partial charge on any atom is -0.497 e. The number of carbonyl (C=O) groups excluding carboxylic acids is 2. The summed E-state index contributed by atoms with van der Waals surface area (Å²) in [4.78, 5) is 24.4. The highest BCUT2D eigenvalue weighted by Gasteiger charge is 2.33. The van der Waals surface area contributed by atoms with Crippen LogP contribution in [-0.2, 0) is 20.7 Å². The zero-order chi connectivity index (χ0) is 18.2. The molecule has 1 aromatic carbocycles. The Labute approximate surface area is 153 Å². The number of likely N-dealkylation sites (tertiary alicyclic amines) is 1. The number of amides is 1. The molecule has 0 saturated carbocycles. The lowest BCUT2D eigenvalue weighted by Gasteiger charge is -2.37. The Bertz CT molecular complexity index is 595. The van der Waals surface area contributed by atoms with E-state index in [9.17, 15) is 9.59 Å². The van der Waals surface area contributed by atoms with Crippen LogP contribution in [0, 0.1) is 5.92 Å². The maximum absolute atomic E-state index is 12.0. The highest BCUT2D eigenvalue weighted by Crippen LogP contribution is 2.28. The van der Waals surface area contributed by atoms with E-state index in [2.05, 4.69) is 0 Å². The zero-order valence-corrected chi connectivity index (χ0v) is 15.3. The molecule has 1 aliphatic rings. The van der Waals surface area contributed by atoms with Gasteiger partial charge >= 0.3 is 6.09 Å². The summed E-state index contributed by atoms with van der Waals surface area (Å²) in [6.07, 6.45) is 1.52. The van der Waals surface area contributed by atoms with Gasteiger partial charge < -0.3 is 19.1 Å². The van der Waals surface area contributed by atoms with E-state index in [-0.39, 0.29) is 18.1 Å². The Kier molecular flexibility index (Phi) is 7.37. The standard InChI is InChI=1S/C18H24ClNO5/c1-3-24-18(22)20-9-8-17(25-12-21)14(11-20)5-4-13-10-15(23-2)6-7-16(13)19/h6-7,10,12,14,17H,3-5,8-9,11H2,1-2H3/t14-,17-/m0/s1. The number of methoxy groups -OCH3 is 1. The summed E-state index contributed by atoms with van der Waals surface area (Å²) in [5.41, 5.74) is 0.971. The lowest BCUT2D eigenvalue weighted by atomic mass is 9.89. The normalized spacial score (nSPS) is 20.0. The van der Waals surface area contributed by atoms with Crippen molar-refractivity contribution in [3.63, 3.8) is 0 Å². The average Bonchev–Trinajstić information content (AvgIpc) is 2.62. The van der Waals surface area contributed by atoms with Gasteiger partial charge in [0, 0.05) is 30.5 Å². The first-order valence-electron chi connectivity index (χ1n) is 8.42. The van der Waals surface area contributed by atoms with Gasteiger partial charge in [-0.1, -0.05) is 11.6 Å². The van der Waals surface area contributed by atoms with E-state index in [0.717, 1.165) is 17.7 Å². The van der Waals surface area contributed by atoms with Crippen molar-refractivity contribution in [3.05, 3.63) is 28.8 Å². The van der Waals surface area contributed by atoms with E-state index in [1.54, 1.807) is 25.0 Å². The monoisotopic (exact) mass is 369 g/mol. The molecule has 1 amide bonds. The highest BCUT2D eigenvalue weighted by atomic mass is 35.5. The number of halogens is 1. The summed E-state index contributed by atoms with van der Waals surface area (Å²) < 4.78 is 15.5. The Morgan fingerprint density at radius 1 is 1.44 bits per heavy atom. The molecule has 1 aliphatic heterocycles. The van der Waals surface area contributed by atoms with Crippen molar-refractivity contribution in [2.45, 2.75) is 32.3 Å². The fraction of sp³-hybridized carbons (Fsp3) is 0.556. The van der Waals surface area contributed by atoms with Crippen LogP contribution in [0.25, 0.3) is 0 Å². The number of benzene rings is 1. The summed E-state index contributed by atoms with van der Waals surface area (Å²) in [6, 6.07) is 5.53. The number of rotatable bonds is 7. The van der Waals surface area contributed by atoms with Gasteiger partial charge in [0.05, 0.1) is 13.7 Å². The van der Waals surface area contributed by atoms with Crippen molar-refractivity contribution in [2.24, 2.45) is 5.92 Å². The maximum atomic E-state index is 12.0. The first kappa shape index (κ1) is 19.4. The van der Waals surface area contributed by atoms with Gasteiger partial charge in [-0.25, -0.2) is 4.79 Å². The second-order valence-electron chi connectivity index (χ2n) is 5.96. The molecule has 2 atom stereocenters. The predicted molar refractivity (Wildman–Crippen MR) is 94.0 cm³/mol. The minimum atomic E-state index is -0.323. The van der Waals surface area contributed by atoms with E-state index < -0.39 is 0 Å². The summed E-state index contributed by atoms with van der Waals surface area (Å²) >= 11 is 6.26. The molecule has 0 radical (unpaired) electrons. The second kappa shape index (κ2) is 9.51. The van der Waals surface area contributed by atoms with Gasteiger partial charge in [0.1, 0.15) is 11.9 Å². The van der Waals surface area contributed by atoms with Gasteiger partial charge in [0.15, 0.2) is 0 Å². The molecule has 2 rings (SSSR count). The molecule has 1 fully saturated rings. The van der Waals surface area contributed by atoms with Crippen LogP contribution in [0.15, 0.2) is 18.2 Å². The third kappa shape index (κ3) is 5.26. The van der Waals surface area contributed by atoms with Crippen molar-refractivity contribution >= 4 is 24.2 Å². The smallest absolute Gasteiger partial charge is 0.409 e. The molecule has 138 valence electrons. The van der Waals surface area contributed by atoms with Crippen LogP contribution < -0.4 is 4.74 Å². The zero-order valence-electron chi connectivity index (χ0n) is 14.6. The maximum Gasteiger partial charge on any atom is 0.409 e. The fourth-order valence-electron chi connectivity index (χ4n) is 3.13. The number of aryl methyl sites for hydroxylation is 1. The molecule has 7 heteroatoms. The van der Waals surface area contributed by atoms with Gasteiger partial charge in [0.25, 0.3) is 6.47 Å². The molecule has 0 unspecified atom stereocenters. The number of nitrogens with zero attached hydrogens (tertiary/aromatic N) is 1. The molecule has 1 saturated heterocycles. The van der Waals surface area contributed by atoms with Crippen molar-refractivity contribution < 1.29 is 23.8 Å². The van der Waals surface area contributed by atoms with Gasteiger partial charge in [-0.15, -0.1) is 0 Å². The molecule has 25 heavy (non-hydrogen) atoms. The molecule has 0 bridgehead atoms. The Hall–Kier alpha value is -1.95. The molecule has 0 aromatic heterocycles. The van der Waals surface area contributed by atoms with E-state index >= 15 is 0 Å². The SMILES string of the molecule is CCOC(=O)N1CC[C@H](OC=O)[C@@H](CCc2cc(OC)ccc2Cl)C1. The fourth-order valence-corrected chi connectivity index (χ4v) is 3.34. The van der Waals surface area contributed by atoms with E-state index in [0.29, 0.717) is 44.0 Å². The summed E-state index contributed by atoms with van der Waals surface area (Å²) in [5, 5.41) is 0.673. The predicted octanol–water partition coefficient (Wildman–Crippen LogP) is 3.30. The highest BCUT2D eigenvalue weighted by molar-refractivity contribution is 6.31. The van der Waals surface area contributed by atoms with Crippen LogP contribution in [0.5, 0.6) is 5.75 Å². The van der Waals surface area contributed by atoms with Crippen LogP contribution in [0.4, 0.5) is 4.79 Å². The number of carbonyl (C=O) groups is 2. The van der Waals surface area contributed by atoms with Crippen LogP contribution in [-0.4, -0.2) is 50.4 Å². The van der Waals surface area contributed by atoms with E-state index in [1.165, 1.54) is 0 Å². The lowest BCUT2D eigenvalue weighted by Crippen LogP contribution is -2.47. The van der Waals surface area contributed by atoms with E-state index in [4.69, 9.17) is 25.8 Å². The first-order valence-corrected chi connectivity index (χ1v) is 8.80. The Morgan fingerprint density at radius 2 is 2.24 bits per heavy atom. The number of hydrogen-bond donors (Lipinski definition) is 0. The van der Waals surface area contributed by atoms with Crippen LogP contribution in [0.1, 0.15) is 25.3 Å². The summed E-state index contributed by atoms with van der Waals surface area (Å²) in [7, 11) is 1.61. The quantitative estimate of drug-likeness (QED) is 0.690. The van der Waals surface area contributed by atoms with Crippen LogP contribution in [0.3, 0.4) is 0 Å². The number of hydrogen-bond acceptors (Lipinski definition) is 5. The molecule has 0 spiro atoms. The summed E-state index contributed by atoms with van der Waals surface area (Å²) in [5.74, 6) is 0.780. The average molecular weight is 370 g/mol. The van der Waals surface area contributed by atoms with Crippen LogP contribution >= 0.6 is 11.6 Å². The molecule has 1 heterocycles. The second-order valence-corrected chi connectivity index (χ2v) is 6.37. The van der Waals surface area contributed by atoms with Gasteiger partial charge in [-0.2, -0.15) is 0 Å². The van der Waals surface area contributed by atoms with Crippen molar-refractivity contribution in [1.82, 2.24) is 4.90 Å². The molecular weight excluding hydrogens is 346 g/mol. The van der Waals surface area contributed by atoms with Gasteiger partial charge in [-0.05, 0) is 43.5 Å². The molecular formula is C18H24ClNO5. The first-order chi connectivity index (χ1) is 12.1. The van der Waals surface area contributed by atoms with E-state index in [1.807, 2.05) is 12.1 Å². The largest absolute Gasteiger partial charge is 0.497 e. The van der Waals surface area contributed by atoms with Crippen molar-refractivity contribution in [3.8, 4) is 5.75 Å². The third-order valence-corrected chi connectivity index (χ3v) is 4.83. The molecule has 6 nitrogen and oxygen atoms in total. The lowest BCUT2D eigenvalue weighted by molar-refractivity contribution is -0.138. The Balaban J connectivity index is 2.04. The molecule has 0 N–H and O–H groups in total. The Morgan fingerprint density at radius 3 is 2.92 bits per heavy atom. The van der Waals surface area contributed by atoms with Gasteiger partial charge in [0.2, 0.25) is 0 Å². The minimum absolute atomic E-state index is 0.0330.